The number of pyridine rings is 1. The van der Waals surface area contributed by atoms with Gasteiger partial charge in [-0.1, -0.05) is 23.2 Å². The van der Waals surface area contributed by atoms with Crippen LogP contribution in [0, 0.1) is 5.82 Å². The van der Waals surface area contributed by atoms with Crippen molar-refractivity contribution in [1.29, 1.82) is 0 Å². The number of nitrogen functional groups attached to an aromatic ring is 1. The Morgan fingerprint density at radius 3 is 2.55 bits per heavy atom. The summed E-state index contributed by atoms with van der Waals surface area (Å²) in [6.07, 6.45) is 1.03. The second-order valence-electron chi connectivity index (χ2n) is 3.77. The number of benzene rings is 1. The number of nitrogens with two attached hydrogens (primary N) is 1. The molecule has 1 aromatic carbocycles. The first-order valence-corrected chi connectivity index (χ1v) is 7.42. The van der Waals surface area contributed by atoms with Gasteiger partial charge in [-0.2, -0.15) is 0 Å². The van der Waals surface area contributed by atoms with Crippen molar-refractivity contribution in [1.82, 2.24) is 4.98 Å². The lowest BCUT2D eigenvalue weighted by Crippen LogP contribution is -2.14. The number of hydrogen-bond donors (Lipinski definition) is 2. The van der Waals surface area contributed by atoms with E-state index in [1.165, 1.54) is 12.1 Å². The van der Waals surface area contributed by atoms with Gasteiger partial charge in [0.1, 0.15) is 16.5 Å². The van der Waals surface area contributed by atoms with Crippen LogP contribution in [0.15, 0.2) is 35.4 Å². The van der Waals surface area contributed by atoms with Crippen LogP contribution >= 0.6 is 23.2 Å². The molecule has 0 bridgehead atoms. The number of hydrogen-bond acceptors (Lipinski definition) is 4. The van der Waals surface area contributed by atoms with Crippen molar-refractivity contribution >= 4 is 44.7 Å². The van der Waals surface area contributed by atoms with E-state index in [0.29, 0.717) is 0 Å². The molecule has 2 aromatic rings. The van der Waals surface area contributed by atoms with Crippen LogP contribution in [-0.4, -0.2) is 13.4 Å². The van der Waals surface area contributed by atoms with Gasteiger partial charge >= 0.3 is 0 Å². The molecule has 0 amide bonds. The summed E-state index contributed by atoms with van der Waals surface area (Å²) in [6, 6.07) is 4.69. The SMILES string of the molecule is Nc1ncc(S(=O)(=O)Nc2ccc(Cl)cc2F)cc1Cl. The molecule has 1 aromatic heterocycles. The highest BCUT2D eigenvalue weighted by atomic mass is 35.5. The highest BCUT2D eigenvalue weighted by Crippen LogP contribution is 2.24. The van der Waals surface area contributed by atoms with Crippen molar-refractivity contribution in [2.24, 2.45) is 0 Å². The molecule has 0 fully saturated rings. The van der Waals surface area contributed by atoms with Crippen molar-refractivity contribution in [3.8, 4) is 0 Å². The van der Waals surface area contributed by atoms with Gasteiger partial charge in [-0.15, -0.1) is 0 Å². The van der Waals surface area contributed by atoms with Gasteiger partial charge in [0.2, 0.25) is 0 Å². The minimum atomic E-state index is -4.02. The zero-order valence-electron chi connectivity index (χ0n) is 9.77. The summed E-state index contributed by atoms with van der Waals surface area (Å²) in [5.41, 5.74) is 5.16. The Bertz CT molecular complexity index is 768. The van der Waals surface area contributed by atoms with Gasteiger partial charge in [0.15, 0.2) is 0 Å². The Labute approximate surface area is 124 Å². The molecule has 0 aliphatic heterocycles. The van der Waals surface area contributed by atoms with Gasteiger partial charge in [-0.25, -0.2) is 17.8 Å². The lowest BCUT2D eigenvalue weighted by molar-refractivity contribution is 0.598. The molecule has 20 heavy (non-hydrogen) atoms. The topological polar surface area (TPSA) is 85.1 Å². The van der Waals surface area contributed by atoms with E-state index in [9.17, 15) is 12.8 Å². The van der Waals surface area contributed by atoms with Crippen LogP contribution in [0.5, 0.6) is 0 Å². The fraction of sp³-hybridized carbons (Fsp3) is 0. The van der Waals surface area contributed by atoms with Crippen LogP contribution in [-0.2, 0) is 10.0 Å². The van der Waals surface area contributed by atoms with Crippen molar-refractivity contribution in [3.05, 3.63) is 46.3 Å². The monoisotopic (exact) mass is 335 g/mol. The summed E-state index contributed by atoms with van der Waals surface area (Å²) in [4.78, 5) is 3.40. The van der Waals surface area contributed by atoms with E-state index in [4.69, 9.17) is 28.9 Å². The third-order valence-corrected chi connectivity index (χ3v) is 4.20. The largest absolute Gasteiger partial charge is 0.382 e. The molecule has 9 heteroatoms. The van der Waals surface area contributed by atoms with E-state index in [0.717, 1.165) is 18.3 Å². The van der Waals surface area contributed by atoms with Crippen molar-refractivity contribution in [2.75, 3.05) is 10.5 Å². The van der Waals surface area contributed by atoms with Crippen LogP contribution in [0.25, 0.3) is 0 Å². The predicted molar refractivity (Wildman–Crippen MR) is 75.9 cm³/mol. The highest BCUT2D eigenvalue weighted by molar-refractivity contribution is 7.92. The highest BCUT2D eigenvalue weighted by Gasteiger charge is 2.18. The van der Waals surface area contributed by atoms with Crippen LogP contribution in [0.1, 0.15) is 0 Å². The normalized spacial score (nSPS) is 11.3. The fourth-order valence-electron chi connectivity index (χ4n) is 1.35. The van der Waals surface area contributed by atoms with E-state index in [2.05, 4.69) is 9.71 Å². The maximum absolute atomic E-state index is 13.6. The smallest absolute Gasteiger partial charge is 0.263 e. The number of aromatic nitrogens is 1. The molecular weight excluding hydrogens is 328 g/mol. The molecule has 5 nitrogen and oxygen atoms in total. The molecule has 0 aliphatic rings. The van der Waals surface area contributed by atoms with E-state index in [-0.39, 0.29) is 26.4 Å². The second-order valence-corrected chi connectivity index (χ2v) is 6.29. The Kier molecular flexibility index (Phi) is 4.03. The van der Waals surface area contributed by atoms with Crippen molar-refractivity contribution in [2.45, 2.75) is 4.90 Å². The predicted octanol–water partition coefficient (Wildman–Crippen LogP) is 2.91. The van der Waals surface area contributed by atoms with E-state index >= 15 is 0 Å². The number of nitrogens with zero attached hydrogens (tertiary/aromatic N) is 1. The molecule has 0 spiro atoms. The molecule has 0 atom stereocenters. The lowest BCUT2D eigenvalue weighted by Gasteiger charge is -2.09. The van der Waals surface area contributed by atoms with Gasteiger partial charge in [-0.05, 0) is 24.3 Å². The first-order chi connectivity index (χ1) is 9.29. The average molecular weight is 336 g/mol. The van der Waals surface area contributed by atoms with Crippen molar-refractivity contribution in [3.63, 3.8) is 0 Å². The van der Waals surface area contributed by atoms with E-state index in [1.54, 1.807) is 0 Å². The van der Waals surface area contributed by atoms with Crippen LogP contribution in [0.2, 0.25) is 10.0 Å². The minimum Gasteiger partial charge on any atom is -0.382 e. The van der Waals surface area contributed by atoms with E-state index in [1.807, 2.05) is 0 Å². The Morgan fingerprint density at radius 1 is 1.25 bits per heavy atom. The summed E-state index contributed by atoms with van der Waals surface area (Å²) < 4.78 is 39.7. The van der Waals surface area contributed by atoms with Crippen LogP contribution in [0.3, 0.4) is 0 Å². The second kappa shape index (κ2) is 5.43. The third kappa shape index (κ3) is 3.12. The molecule has 106 valence electrons. The van der Waals surface area contributed by atoms with Gasteiger partial charge < -0.3 is 5.73 Å². The number of rotatable bonds is 3. The summed E-state index contributed by atoms with van der Waals surface area (Å²) in [5.74, 6) is -0.793. The van der Waals surface area contributed by atoms with Crippen molar-refractivity contribution < 1.29 is 12.8 Å². The molecule has 3 N–H and O–H groups in total. The molecule has 0 saturated heterocycles. The minimum absolute atomic E-state index is 0.00305. The molecular formula is C11H8Cl2FN3O2S. The lowest BCUT2D eigenvalue weighted by atomic mass is 10.3. The summed E-state index contributed by atoms with van der Waals surface area (Å²) in [6.45, 7) is 0. The van der Waals surface area contributed by atoms with Crippen LogP contribution in [0.4, 0.5) is 15.9 Å². The number of halogens is 3. The Balaban J connectivity index is 2.38. The Hall–Kier alpha value is -1.57. The van der Waals surface area contributed by atoms with Gasteiger partial charge in [0.05, 0.1) is 10.7 Å². The summed E-state index contributed by atoms with van der Waals surface area (Å²) in [5, 5.41) is 0.145. The number of nitrogens with one attached hydrogen (secondary N) is 1. The van der Waals surface area contributed by atoms with Gasteiger partial charge in [0, 0.05) is 11.2 Å². The molecule has 0 radical (unpaired) electrons. The van der Waals surface area contributed by atoms with Gasteiger partial charge in [0.25, 0.3) is 10.0 Å². The molecule has 2 rings (SSSR count). The molecule has 1 heterocycles. The average Bonchev–Trinajstić information content (AvgIpc) is 2.36. The first-order valence-electron chi connectivity index (χ1n) is 5.18. The zero-order valence-corrected chi connectivity index (χ0v) is 12.1. The fourth-order valence-corrected chi connectivity index (χ4v) is 2.78. The third-order valence-electron chi connectivity index (χ3n) is 2.33. The van der Waals surface area contributed by atoms with E-state index < -0.39 is 15.8 Å². The first kappa shape index (κ1) is 14.8. The number of anilines is 2. The quantitative estimate of drug-likeness (QED) is 0.902. The summed E-state index contributed by atoms with van der Waals surface area (Å²) >= 11 is 11.3. The maximum atomic E-state index is 13.6. The Morgan fingerprint density at radius 2 is 1.95 bits per heavy atom. The maximum Gasteiger partial charge on any atom is 0.263 e. The standard InChI is InChI=1S/C11H8Cl2FN3O2S/c12-6-1-2-10(9(14)3-6)17-20(18,19)7-4-8(13)11(15)16-5-7/h1-5,17H,(H2,15,16). The molecule has 0 saturated carbocycles. The molecule has 0 aliphatic carbocycles. The van der Waals surface area contributed by atoms with Crippen LogP contribution < -0.4 is 10.5 Å². The van der Waals surface area contributed by atoms with Gasteiger partial charge in [-0.3, -0.25) is 4.72 Å². The summed E-state index contributed by atoms with van der Waals surface area (Å²) in [7, 11) is -4.02. The zero-order chi connectivity index (χ0) is 14.9. The number of sulfonamides is 1. The molecule has 0 unspecified atom stereocenters.